The molecule has 7 heteroatoms. The Bertz CT molecular complexity index is 896. The summed E-state index contributed by atoms with van der Waals surface area (Å²) < 4.78 is 0. The Balaban J connectivity index is 2.05. The number of fused-ring (bicyclic) bond motifs is 1. The van der Waals surface area contributed by atoms with Gasteiger partial charge in [-0.3, -0.25) is 15.2 Å². The number of benzene rings is 1. The van der Waals surface area contributed by atoms with Crippen LogP contribution in [-0.2, 0) is 0 Å². The number of nitrogens with one attached hydrogen (secondary N) is 3. The number of amides is 3. The number of aromatic nitrogens is 2. The van der Waals surface area contributed by atoms with Gasteiger partial charge < -0.3 is 5.32 Å². The Labute approximate surface area is 138 Å². The smallest absolute Gasteiger partial charge is 0.333 e. The molecule has 0 saturated heterocycles. The molecule has 120 valence electrons. The van der Waals surface area contributed by atoms with Crippen molar-refractivity contribution in [3.05, 3.63) is 60.4 Å². The molecule has 0 fully saturated rings. The van der Waals surface area contributed by atoms with E-state index in [9.17, 15) is 9.59 Å². The van der Waals surface area contributed by atoms with Crippen molar-refractivity contribution in [2.24, 2.45) is 0 Å². The summed E-state index contributed by atoms with van der Waals surface area (Å²) in [6.07, 6.45) is 3.33. The van der Waals surface area contributed by atoms with Crippen LogP contribution in [0.5, 0.6) is 0 Å². The number of carbonyl (C=O) groups excluding carboxylic acids is 2. The van der Waals surface area contributed by atoms with Gasteiger partial charge in [-0.15, -0.1) is 0 Å². The molecule has 0 aliphatic rings. The van der Waals surface area contributed by atoms with Gasteiger partial charge in [0.05, 0.1) is 16.8 Å². The molecule has 0 aliphatic heterocycles. The molecule has 3 rings (SSSR count). The number of carbonyl (C=O) groups is 2. The van der Waals surface area contributed by atoms with Crippen molar-refractivity contribution >= 4 is 22.8 Å². The van der Waals surface area contributed by atoms with E-state index in [0.29, 0.717) is 22.2 Å². The second-order valence-electron chi connectivity index (χ2n) is 4.97. The van der Waals surface area contributed by atoms with E-state index < -0.39 is 11.9 Å². The van der Waals surface area contributed by atoms with Gasteiger partial charge >= 0.3 is 6.03 Å². The number of hydrazine groups is 1. The van der Waals surface area contributed by atoms with E-state index >= 15 is 0 Å². The molecule has 0 saturated carbocycles. The first kappa shape index (κ1) is 15.4. The van der Waals surface area contributed by atoms with Crippen molar-refractivity contribution in [1.29, 1.82) is 0 Å². The van der Waals surface area contributed by atoms with E-state index in [-0.39, 0.29) is 0 Å². The van der Waals surface area contributed by atoms with Gasteiger partial charge in [0.2, 0.25) is 0 Å². The van der Waals surface area contributed by atoms with Crippen molar-refractivity contribution in [1.82, 2.24) is 26.1 Å². The normalized spacial score (nSPS) is 10.2. The van der Waals surface area contributed by atoms with E-state index in [1.54, 1.807) is 18.5 Å². The third-order valence-corrected chi connectivity index (χ3v) is 3.45. The van der Waals surface area contributed by atoms with Crippen LogP contribution >= 0.6 is 0 Å². The van der Waals surface area contributed by atoms with E-state index in [4.69, 9.17) is 0 Å². The molecular weight excluding hydrogens is 306 g/mol. The largest absolute Gasteiger partial charge is 0.340 e. The summed E-state index contributed by atoms with van der Waals surface area (Å²) in [4.78, 5) is 32.3. The molecule has 0 aliphatic carbocycles. The number of urea groups is 1. The summed E-state index contributed by atoms with van der Waals surface area (Å²) in [6, 6.07) is 12.2. The summed E-state index contributed by atoms with van der Waals surface area (Å²) in [5.41, 5.74) is 7.27. The highest BCUT2D eigenvalue weighted by Gasteiger charge is 2.14. The first-order chi connectivity index (χ1) is 11.7. The lowest BCUT2D eigenvalue weighted by molar-refractivity contribution is 0.0938. The fraction of sp³-hybridized carbons (Fsp3) is 0.0588. The molecule has 0 spiro atoms. The summed E-state index contributed by atoms with van der Waals surface area (Å²) >= 11 is 0. The molecule has 3 amide bonds. The average Bonchev–Trinajstić information content (AvgIpc) is 2.65. The third-order valence-electron chi connectivity index (χ3n) is 3.45. The zero-order valence-electron chi connectivity index (χ0n) is 12.9. The SMILES string of the molecule is CNC(=O)NNC(=O)c1cc(-c2ccncc2)nc2ccccc12. The minimum absolute atomic E-state index is 0.420. The number of pyridine rings is 2. The molecule has 3 aromatic rings. The average molecular weight is 321 g/mol. The maximum atomic E-state index is 12.5. The Hall–Kier alpha value is -3.48. The number of para-hydroxylation sites is 1. The van der Waals surface area contributed by atoms with E-state index in [1.807, 2.05) is 36.4 Å². The van der Waals surface area contributed by atoms with Crippen LogP contribution in [-0.4, -0.2) is 29.0 Å². The summed E-state index contributed by atoms with van der Waals surface area (Å²) in [7, 11) is 1.46. The van der Waals surface area contributed by atoms with E-state index in [2.05, 4.69) is 26.1 Å². The maximum Gasteiger partial charge on any atom is 0.333 e. The van der Waals surface area contributed by atoms with Gasteiger partial charge in [0, 0.05) is 30.4 Å². The molecule has 2 aromatic heterocycles. The van der Waals surface area contributed by atoms with Gasteiger partial charge in [0.1, 0.15) is 0 Å². The van der Waals surface area contributed by atoms with Crippen LogP contribution < -0.4 is 16.2 Å². The number of rotatable bonds is 2. The standard InChI is InChI=1S/C17H15N5O2/c1-18-17(24)22-21-16(23)13-10-15(11-6-8-19-9-7-11)20-14-5-3-2-4-12(13)14/h2-10H,1H3,(H,21,23)(H2,18,22,24). The van der Waals surface area contributed by atoms with Crippen molar-refractivity contribution in [3.8, 4) is 11.3 Å². The van der Waals surface area contributed by atoms with Crippen LogP contribution in [0.1, 0.15) is 10.4 Å². The molecule has 2 heterocycles. The fourth-order valence-electron chi connectivity index (χ4n) is 2.28. The number of nitrogens with zero attached hydrogens (tertiary/aromatic N) is 2. The Morgan fingerprint density at radius 2 is 1.75 bits per heavy atom. The van der Waals surface area contributed by atoms with Crippen molar-refractivity contribution in [2.75, 3.05) is 7.05 Å². The van der Waals surface area contributed by atoms with Gasteiger partial charge in [-0.25, -0.2) is 15.2 Å². The second-order valence-corrected chi connectivity index (χ2v) is 4.97. The molecular formula is C17H15N5O2. The van der Waals surface area contributed by atoms with Gasteiger partial charge in [0.15, 0.2) is 0 Å². The maximum absolute atomic E-state index is 12.5. The van der Waals surface area contributed by atoms with Gasteiger partial charge in [-0.2, -0.15) is 0 Å². The minimum atomic E-state index is -0.504. The molecule has 7 nitrogen and oxygen atoms in total. The molecule has 0 radical (unpaired) electrons. The lowest BCUT2D eigenvalue weighted by Crippen LogP contribution is -2.45. The van der Waals surface area contributed by atoms with Gasteiger partial charge in [-0.05, 0) is 24.3 Å². The number of hydrogen-bond donors (Lipinski definition) is 3. The highest BCUT2D eigenvalue weighted by Crippen LogP contribution is 2.24. The second kappa shape index (κ2) is 6.74. The first-order valence-electron chi connectivity index (χ1n) is 7.27. The molecule has 1 aromatic carbocycles. The molecule has 0 atom stereocenters. The molecule has 3 N–H and O–H groups in total. The van der Waals surface area contributed by atoms with Gasteiger partial charge in [-0.1, -0.05) is 18.2 Å². The summed E-state index contributed by atoms with van der Waals surface area (Å²) in [5.74, 6) is -0.424. The highest BCUT2D eigenvalue weighted by atomic mass is 16.2. The highest BCUT2D eigenvalue weighted by molar-refractivity contribution is 6.07. The zero-order valence-corrected chi connectivity index (χ0v) is 12.9. The van der Waals surface area contributed by atoms with Crippen LogP contribution in [0.25, 0.3) is 22.2 Å². The quantitative estimate of drug-likeness (QED) is 0.628. The topological polar surface area (TPSA) is 96.0 Å². The molecule has 0 unspecified atom stereocenters. The summed E-state index contributed by atoms with van der Waals surface area (Å²) in [6.45, 7) is 0. The third kappa shape index (κ3) is 3.14. The van der Waals surface area contributed by atoms with Crippen molar-refractivity contribution in [3.63, 3.8) is 0 Å². The predicted molar refractivity (Wildman–Crippen MR) is 90.0 cm³/mol. The lowest BCUT2D eigenvalue weighted by atomic mass is 10.0. The monoisotopic (exact) mass is 321 g/mol. The van der Waals surface area contributed by atoms with Gasteiger partial charge in [0.25, 0.3) is 5.91 Å². The predicted octanol–water partition coefficient (Wildman–Crippen LogP) is 1.87. The summed E-state index contributed by atoms with van der Waals surface area (Å²) in [5, 5.41) is 3.06. The Kier molecular flexibility index (Phi) is 4.33. The van der Waals surface area contributed by atoms with Crippen LogP contribution in [0.15, 0.2) is 54.9 Å². The molecule has 24 heavy (non-hydrogen) atoms. The van der Waals surface area contributed by atoms with Crippen molar-refractivity contribution in [2.45, 2.75) is 0 Å². The van der Waals surface area contributed by atoms with Crippen LogP contribution in [0.2, 0.25) is 0 Å². The first-order valence-corrected chi connectivity index (χ1v) is 7.27. The Morgan fingerprint density at radius 3 is 2.50 bits per heavy atom. The van der Waals surface area contributed by atoms with E-state index in [1.165, 1.54) is 7.05 Å². The zero-order chi connectivity index (χ0) is 16.9. The fourth-order valence-corrected chi connectivity index (χ4v) is 2.28. The minimum Gasteiger partial charge on any atom is -0.340 e. The van der Waals surface area contributed by atoms with Crippen LogP contribution in [0, 0.1) is 0 Å². The lowest BCUT2D eigenvalue weighted by Gasteiger charge is -2.11. The van der Waals surface area contributed by atoms with Crippen LogP contribution in [0.3, 0.4) is 0 Å². The number of hydrogen-bond acceptors (Lipinski definition) is 4. The van der Waals surface area contributed by atoms with Crippen LogP contribution in [0.4, 0.5) is 4.79 Å². The van der Waals surface area contributed by atoms with E-state index in [0.717, 1.165) is 5.56 Å². The van der Waals surface area contributed by atoms with Crippen molar-refractivity contribution < 1.29 is 9.59 Å². The Morgan fingerprint density at radius 1 is 1.00 bits per heavy atom. The molecule has 0 bridgehead atoms.